The van der Waals surface area contributed by atoms with Gasteiger partial charge in [-0.15, -0.1) is 0 Å². The van der Waals surface area contributed by atoms with Crippen molar-refractivity contribution in [1.82, 2.24) is 9.97 Å². The summed E-state index contributed by atoms with van der Waals surface area (Å²) in [5, 5.41) is 3.29. The first-order chi connectivity index (χ1) is 11.6. The summed E-state index contributed by atoms with van der Waals surface area (Å²) in [6, 6.07) is 18.7. The molecule has 1 heterocycles. The number of anilines is 2. The number of aromatic nitrogens is 2. The van der Waals surface area contributed by atoms with E-state index in [1.807, 2.05) is 20.2 Å². The van der Waals surface area contributed by atoms with Crippen LogP contribution in [0, 0.1) is 6.92 Å². The second-order valence-electron chi connectivity index (χ2n) is 6.05. The van der Waals surface area contributed by atoms with Crippen LogP contribution < -0.4 is 10.2 Å². The van der Waals surface area contributed by atoms with E-state index in [4.69, 9.17) is 0 Å². The lowest BCUT2D eigenvalue weighted by Gasteiger charge is -2.12. The van der Waals surface area contributed by atoms with Crippen LogP contribution in [-0.4, -0.2) is 24.1 Å². The number of aryl methyl sites for hydroxylation is 1. The third-order valence-electron chi connectivity index (χ3n) is 3.91. The zero-order valence-corrected chi connectivity index (χ0v) is 14.3. The van der Waals surface area contributed by atoms with Gasteiger partial charge < -0.3 is 10.2 Å². The lowest BCUT2D eigenvalue weighted by Crippen LogP contribution is -2.08. The summed E-state index contributed by atoms with van der Waals surface area (Å²) < 4.78 is 0. The molecule has 0 unspecified atom stereocenters. The van der Waals surface area contributed by atoms with Gasteiger partial charge in [-0.25, -0.2) is 9.97 Å². The first-order valence-corrected chi connectivity index (χ1v) is 8.02. The molecule has 122 valence electrons. The Morgan fingerprint density at radius 1 is 0.917 bits per heavy atom. The zero-order valence-electron chi connectivity index (χ0n) is 14.3. The monoisotopic (exact) mass is 318 g/mol. The smallest absolute Gasteiger partial charge is 0.223 e. The number of rotatable bonds is 5. The van der Waals surface area contributed by atoms with Gasteiger partial charge in [0.25, 0.3) is 0 Å². The standard InChI is InChI=1S/C20H22N4/c1-15-4-6-16(7-5-15)14-22-20-21-13-12-19(23-20)17-8-10-18(11-9-17)24(2)3/h4-13H,14H2,1-3H3,(H,21,22,23). The van der Waals surface area contributed by atoms with Crippen LogP contribution in [0.25, 0.3) is 11.3 Å². The van der Waals surface area contributed by atoms with Crippen molar-refractivity contribution in [2.24, 2.45) is 0 Å². The van der Waals surface area contributed by atoms with Crippen LogP contribution in [0.5, 0.6) is 0 Å². The predicted octanol–water partition coefficient (Wildman–Crippen LogP) is 4.13. The highest BCUT2D eigenvalue weighted by atomic mass is 15.1. The molecule has 0 saturated heterocycles. The Morgan fingerprint density at radius 3 is 2.29 bits per heavy atom. The fourth-order valence-corrected chi connectivity index (χ4v) is 2.42. The zero-order chi connectivity index (χ0) is 16.9. The highest BCUT2D eigenvalue weighted by molar-refractivity contribution is 5.63. The minimum absolute atomic E-state index is 0.643. The maximum atomic E-state index is 4.61. The molecule has 0 amide bonds. The lowest BCUT2D eigenvalue weighted by molar-refractivity contribution is 1.05. The van der Waals surface area contributed by atoms with Gasteiger partial charge in [-0.2, -0.15) is 0 Å². The van der Waals surface area contributed by atoms with E-state index in [0.717, 1.165) is 11.3 Å². The normalized spacial score (nSPS) is 10.5. The summed E-state index contributed by atoms with van der Waals surface area (Å²) in [4.78, 5) is 11.0. The molecule has 3 rings (SSSR count). The molecule has 1 aromatic heterocycles. The Morgan fingerprint density at radius 2 is 1.62 bits per heavy atom. The first kappa shape index (κ1) is 16.0. The molecule has 4 heteroatoms. The largest absolute Gasteiger partial charge is 0.378 e. The van der Waals surface area contributed by atoms with Gasteiger partial charge in [-0.05, 0) is 30.7 Å². The molecular weight excluding hydrogens is 296 g/mol. The summed E-state index contributed by atoms with van der Waals surface area (Å²) in [6.45, 7) is 2.80. The third kappa shape index (κ3) is 3.90. The molecule has 0 aliphatic rings. The number of hydrogen-bond donors (Lipinski definition) is 1. The quantitative estimate of drug-likeness (QED) is 0.768. The minimum atomic E-state index is 0.643. The average Bonchev–Trinajstić information content (AvgIpc) is 2.61. The molecule has 2 aromatic carbocycles. The summed E-state index contributed by atoms with van der Waals surface area (Å²) >= 11 is 0. The minimum Gasteiger partial charge on any atom is -0.378 e. The molecule has 0 aliphatic carbocycles. The molecule has 3 aromatic rings. The second kappa shape index (κ2) is 7.13. The van der Waals surface area contributed by atoms with Gasteiger partial charge in [0.05, 0.1) is 5.69 Å². The number of nitrogens with one attached hydrogen (secondary N) is 1. The number of nitrogens with zero attached hydrogens (tertiary/aromatic N) is 3. The third-order valence-corrected chi connectivity index (χ3v) is 3.91. The molecular formula is C20H22N4. The van der Waals surface area contributed by atoms with Gasteiger partial charge in [-0.1, -0.05) is 42.0 Å². The van der Waals surface area contributed by atoms with E-state index in [0.29, 0.717) is 12.5 Å². The van der Waals surface area contributed by atoms with Crippen LogP contribution in [0.1, 0.15) is 11.1 Å². The highest BCUT2D eigenvalue weighted by Gasteiger charge is 2.03. The molecule has 0 atom stereocenters. The van der Waals surface area contributed by atoms with Crippen LogP contribution >= 0.6 is 0 Å². The Labute approximate surface area is 143 Å². The first-order valence-electron chi connectivity index (χ1n) is 8.02. The van der Waals surface area contributed by atoms with E-state index in [-0.39, 0.29) is 0 Å². The molecule has 0 spiro atoms. The molecule has 24 heavy (non-hydrogen) atoms. The van der Waals surface area contributed by atoms with Crippen LogP contribution in [0.2, 0.25) is 0 Å². The highest BCUT2D eigenvalue weighted by Crippen LogP contribution is 2.21. The second-order valence-corrected chi connectivity index (χ2v) is 6.05. The summed E-state index contributed by atoms with van der Waals surface area (Å²) in [6.07, 6.45) is 1.79. The van der Waals surface area contributed by atoms with Crippen molar-refractivity contribution in [3.63, 3.8) is 0 Å². The fraction of sp³-hybridized carbons (Fsp3) is 0.200. The van der Waals surface area contributed by atoms with Crippen molar-refractivity contribution in [1.29, 1.82) is 0 Å². The van der Waals surface area contributed by atoms with Gasteiger partial charge in [0.15, 0.2) is 0 Å². The van der Waals surface area contributed by atoms with Crippen molar-refractivity contribution < 1.29 is 0 Å². The van der Waals surface area contributed by atoms with Gasteiger partial charge in [0.2, 0.25) is 5.95 Å². The van der Waals surface area contributed by atoms with E-state index in [9.17, 15) is 0 Å². The summed E-state index contributed by atoms with van der Waals surface area (Å²) in [7, 11) is 4.07. The van der Waals surface area contributed by atoms with E-state index in [2.05, 4.69) is 75.6 Å². The van der Waals surface area contributed by atoms with E-state index >= 15 is 0 Å². The van der Waals surface area contributed by atoms with Gasteiger partial charge in [-0.3, -0.25) is 0 Å². The van der Waals surface area contributed by atoms with E-state index in [1.54, 1.807) is 6.20 Å². The Balaban J connectivity index is 1.72. The molecule has 0 saturated carbocycles. The number of benzene rings is 2. The van der Waals surface area contributed by atoms with Gasteiger partial charge in [0, 0.05) is 38.1 Å². The van der Waals surface area contributed by atoms with Crippen molar-refractivity contribution in [3.8, 4) is 11.3 Å². The van der Waals surface area contributed by atoms with Crippen LogP contribution in [0.15, 0.2) is 60.8 Å². The van der Waals surface area contributed by atoms with Crippen LogP contribution in [0.4, 0.5) is 11.6 Å². The van der Waals surface area contributed by atoms with Crippen molar-refractivity contribution in [3.05, 3.63) is 71.9 Å². The van der Waals surface area contributed by atoms with Crippen LogP contribution in [0.3, 0.4) is 0 Å². The van der Waals surface area contributed by atoms with E-state index < -0.39 is 0 Å². The molecule has 0 radical (unpaired) electrons. The topological polar surface area (TPSA) is 41.1 Å². The Hall–Kier alpha value is -2.88. The summed E-state index contributed by atoms with van der Waals surface area (Å²) in [5.41, 5.74) is 5.65. The molecule has 1 N–H and O–H groups in total. The molecule has 4 nitrogen and oxygen atoms in total. The molecule has 0 bridgehead atoms. The Kier molecular flexibility index (Phi) is 4.75. The van der Waals surface area contributed by atoms with E-state index in [1.165, 1.54) is 16.8 Å². The van der Waals surface area contributed by atoms with Gasteiger partial charge in [0.1, 0.15) is 0 Å². The van der Waals surface area contributed by atoms with Crippen molar-refractivity contribution >= 4 is 11.6 Å². The van der Waals surface area contributed by atoms with Crippen molar-refractivity contribution in [2.45, 2.75) is 13.5 Å². The van der Waals surface area contributed by atoms with Crippen molar-refractivity contribution in [2.75, 3.05) is 24.3 Å². The maximum Gasteiger partial charge on any atom is 0.223 e. The van der Waals surface area contributed by atoms with Crippen LogP contribution in [-0.2, 0) is 6.54 Å². The molecule has 0 fully saturated rings. The number of hydrogen-bond acceptors (Lipinski definition) is 4. The summed E-state index contributed by atoms with van der Waals surface area (Å²) in [5.74, 6) is 0.643. The fourth-order valence-electron chi connectivity index (χ4n) is 2.42. The lowest BCUT2D eigenvalue weighted by atomic mass is 10.1. The molecule has 0 aliphatic heterocycles. The predicted molar refractivity (Wildman–Crippen MR) is 100 cm³/mol. The Bertz CT molecular complexity index is 793. The maximum absolute atomic E-state index is 4.61. The average molecular weight is 318 g/mol. The van der Waals surface area contributed by atoms with Gasteiger partial charge >= 0.3 is 0 Å². The SMILES string of the molecule is Cc1ccc(CNc2nccc(-c3ccc(N(C)C)cc3)n2)cc1.